The molecule has 0 saturated carbocycles. The molecule has 47 heavy (non-hydrogen) atoms. The first-order valence-corrected chi connectivity index (χ1v) is 16.1. The van der Waals surface area contributed by atoms with E-state index in [0.717, 1.165) is 51.3 Å². The summed E-state index contributed by atoms with van der Waals surface area (Å²) in [6, 6.07) is 44.5. The molecule has 5 aromatic carbocycles. The third-order valence-corrected chi connectivity index (χ3v) is 9.30. The van der Waals surface area contributed by atoms with E-state index in [1.54, 1.807) is 0 Å². The van der Waals surface area contributed by atoms with E-state index in [1.165, 1.54) is 32.2 Å². The van der Waals surface area contributed by atoms with Crippen molar-refractivity contribution in [3.05, 3.63) is 149 Å². The number of benzene rings is 5. The molecule has 8 aromatic rings. The minimum atomic E-state index is 0.484. The van der Waals surface area contributed by atoms with Gasteiger partial charge in [0, 0.05) is 32.3 Å². The number of amidine groups is 1. The molecular formula is C42H31N5. The summed E-state index contributed by atoms with van der Waals surface area (Å²) in [4.78, 5) is 14.9. The number of nitrogens with zero attached hydrogens (tertiary/aromatic N) is 5. The Labute approximate surface area is 271 Å². The van der Waals surface area contributed by atoms with Crippen LogP contribution in [0.15, 0.2) is 142 Å². The molecule has 1 aliphatic rings. The molecule has 9 rings (SSSR count). The smallest absolute Gasteiger partial charge is 0.236 e. The number of para-hydroxylation sites is 2. The summed E-state index contributed by atoms with van der Waals surface area (Å²) in [5, 5.41) is 7.31. The van der Waals surface area contributed by atoms with E-state index in [-0.39, 0.29) is 0 Å². The zero-order valence-electron chi connectivity index (χ0n) is 25.8. The van der Waals surface area contributed by atoms with Crippen LogP contribution in [0.5, 0.6) is 0 Å². The maximum absolute atomic E-state index is 5.22. The summed E-state index contributed by atoms with van der Waals surface area (Å²) in [6.45, 7) is 4.58. The zero-order valence-corrected chi connectivity index (χ0v) is 25.8. The van der Waals surface area contributed by atoms with Crippen LogP contribution in [-0.4, -0.2) is 27.5 Å². The van der Waals surface area contributed by atoms with Gasteiger partial charge in [-0.05, 0) is 48.5 Å². The molecule has 224 valence electrons. The number of aliphatic imine (C=N–C) groups is 3. The van der Waals surface area contributed by atoms with Gasteiger partial charge in [0.15, 0.2) is 5.84 Å². The van der Waals surface area contributed by atoms with Gasteiger partial charge in [-0.25, -0.2) is 4.99 Å². The van der Waals surface area contributed by atoms with Gasteiger partial charge in [-0.2, -0.15) is 4.99 Å². The molecule has 0 bridgehead atoms. The Morgan fingerprint density at radius 1 is 0.617 bits per heavy atom. The number of aromatic nitrogens is 2. The predicted molar refractivity (Wildman–Crippen MR) is 198 cm³/mol. The molecular weight excluding hydrogens is 574 g/mol. The summed E-state index contributed by atoms with van der Waals surface area (Å²) >= 11 is 0. The van der Waals surface area contributed by atoms with Crippen LogP contribution in [0, 0.1) is 0 Å². The molecule has 3 aromatic heterocycles. The molecule has 0 fully saturated rings. The molecule has 3 heterocycles. The molecule has 0 N–H and O–H groups in total. The SMILES string of the molecule is C=NC(=NC(=NCc1ccccc1)c1ccccc1)n1c2ccccc2c2ccc3c4c(c5cc6ccccc6n5c3c21)=CCCC=4. The Morgan fingerprint density at radius 2 is 1.30 bits per heavy atom. The lowest BCUT2D eigenvalue weighted by Crippen LogP contribution is -2.30. The van der Waals surface area contributed by atoms with E-state index >= 15 is 0 Å². The van der Waals surface area contributed by atoms with E-state index in [4.69, 9.17) is 9.98 Å². The first-order valence-electron chi connectivity index (χ1n) is 16.1. The standard InChI is InChI=1S/C42H31N5/c1-43-42(45-41(29-16-6-3-7-17-29)44-27-28-14-4-2-5-15-28)47-37-23-13-11-21-33(37)35-25-24-34-31-19-9-10-20-32(31)38-26-30-18-8-12-22-36(30)46(38)39(34)40(35)47/h2-8,11-26H,1,9-10,27H2. The van der Waals surface area contributed by atoms with Crippen molar-refractivity contribution < 1.29 is 0 Å². The number of fused-ring (bicyclic) bond motifs is 12. The van der Waals surface area contributed by atoms with Crippen LogP contribution < -0.4 is 10.4 Å². The highest BCUT2D eigenvalue weighted by Crippen LogP contribution is 2.35. The van der Waals surface area contributed by atoms with Crippen LogP contribution in [0.2, 0.25) is 0 Å². The molecule has 0 aliphatic heterocycles. The average molecular weight is 606 g/mol. The van der Waals surface area contributed by atoms with E-state index < -0.39 is 0 Å². The number of hydrogen-bond acceptors (Lipinski definition) is 1. The van der Waals surface area contributed by atoms with Crippen molar-refractivity contribution in [3.63, 3.8) is 0 Å². The molecule has 0 unspecified atom stereocenters. The molecule has 5 heteroatoms. The van der Waals surface area contributed by atoms with Crippen molar-refractivity contribution in [3.8, 4) is 0 Å². The Bertz CT molecular complexity index is 2710. The average Bonchev–Trinajstić information content (AvgIpc) is 3.69. The van der Waals surface area contributed by atoms with Crippen LogP contribution in [0.3, 0.4) is 0 Å². The van der Waals surface area contributed by atoms with E-state index in [9.17, 15) is 0 Å². The fourth-order valence-electron chi connectivity index (χ4n) is 7.24. The third-order valence-electron chi connectivity index (χ3n) is 9.30. The highest BCUT2D eigenvalue weighted by Gasteiger charge is 2.21. The summed E-state index contributed by atoms with van der Waals surface area (Å²) in [7, 11) is 0. The highest BCUT2D eigenvalue weighted by atomic mass is 15.2. The Kier molecular flexibility index (Phi) is 6.42. The lowest BCUT2D eigenvalue weighted by atomic mass is 10.0. The quantitative estimate of drug-likeness (QED) is 0.144. The second-order valence-corrected chi connectivity index (χ2v) is 12.0. The fraction of sp³-hybridized carbons (Fsp3) is 0.0714. The maximum Gasteiger partial charge on any atom is 0.236 e. The lowest BCUT2D eigenvalue weighted by molar-refractivity contribution is 1.06. The Balaban J connectivity index is 1.43. The topological polar surface area (TPSA) is 46.4 Å². The van der Waals surface area contributed by atoms with Crippen molar-refractivity contribution >= 4 is 79.8 Å². The fourth-order valence-corrected chi connectivity index (χ4v) is 7.24. The minimum Gasteiger partial charge on any atom is -0.307 e. The number of pyridine rings is 1. The van der Waals surface area contributed by atoms with Crippen molar-refractivity contribution in [2.45, 2.75) is 19.4 Å². The van der Waals surface area contributed by atoms with E-state index in [0.29, 0.717) is 18.3 Å². The van der Waals surface area contributed by atoms with Gasteiger partial charge in [0.2, 0.25) is 5.96 Å². The van der Waals surface area contributed by atoms with Crippen LogP contribution in [0.25, 0.3) is 61.3 Å². The summed E-state index contributed by atoms with van der Waals surface area (Å²) in [5.41, 5.74) is 7.65. The summed E-state index contributed by atoms with van der Waals surface area (Å²) < 4.78 is 4.63. The van der Waals surface area contributed by atoms with Crippen molar-refractivity contribution in [2.24, 2.45) is 15.0 Å². The van der Waals surface area contributed by atoms with Gasteiger partial charge in [-0.3, -0.25) is 9.56 Å². The maximum atomic E-state index is 5.22. The van der Waals surface area contributed by atoms with E-state index in [2.05, 4.69) is 112 Å². The number of rotatable bonds is 3. The van der Waals surface area contributed by atoms with Crippen LogP contribution in [0.1, 0.15) is 24.0 Å². The largest absolute Gasteiger partial charge is 0.307 e. The van der Waals surface area contributed by atoms with Gasteiger partial charge in [-0.15, -0.1) is 0 Å². The molecule has 0 saturated heterocycles. The minimum absolute atomic E-state index is 0.484. The second-order valence-electron chi connectivity index (χ2n) is 12.0. The summed E-state index contributed by atoms with van der Waals surface area (Å²) in [6.07, 6.45) is 6.87. The predicted octanol–water partition coefficient (Wildman–Crippen LogP) is 8.26. The van der Waals surface area contributed by atoms with Gasteiger partial charge in [-0.1, -0.05) is 121 Å². The monoisotopic (exact) mass is 605 g/mol. The molecule has 1 aliphatic carbocycles. The van der Waals surface area contributed by atoms with Crippen LogP contribution in [-0.2, 0) is 6.54 Å². The van der Waals surface area contributed by atoms with Crippen molar-refractivity contribution in [1.82, 2.24) is 8.97 Å². The Morgan fingerprint density at radius 3 is 2.11 bits per heavy atom. The molecule has 0 spiro atoms. The zero-order chi connectivity index (χ0) is 31.3. The Hall–Kier alpha value is -6.07. The van der Waals surface area contributed by atoms with Gasteiger partial charge in [0.1, 0.15) is 0 Å². The molecule has 5 nitrogen and oxygen atoms in total. The molecule has 0 atom stereocenters. The molecule has 0 radical (unpaired) electrons. The van der Waals surface area contributed by atoms with Gasteiger partial charge < -0.3 is 4.40 Å². The third kappa shape index (κ3) is 4.35. The van der Waals surface area contributed by atoms with Crippen molar-refractivity contribution in [1.29, 1.82) is 0 Å². The second kappa shape index (κ2) is 11.1. The summed E-state index contributed by atoms with van der Waals surface area (Å²) in [5.74, 6) is 1.09. The van der Waals surface area contributed by atoms with Crippen LogP contribution >= 0.6 is 0 Å². The first kappa shape index (κ1) is 27.3. The van der Waals surface area contributed by atoms with E-state index in [1.807, 2.05) is 48.5 Å². The molecule has 0 amide bonds. The van der Waals surface area contributed by atoms with Crippen molar-refractivity contribution in [2.75, 3.05) is 0 Å². The number of hydrogen-bond donors (Lipinski definition) is 0. The normalized spacial score (nSPS) is 13.7. The van der Waals surface area contributed by atoms with Gasteiger partial charge in [0.05, 0.1) is 34.1 Å². The first-order chi connectivity index (χ1) is 23.3. The van der Waals surface area contributed by atoms with Gasteiger partial charge >= 0.3 is 0 Å². The lowest BCUT2D eigenvalue weighted by Gasteiger charge is -2.14. The highest BCUT2D eigenvalue weighted by molar-refractivity contribution is 6.23. The van der Waals surface area contributed by atoms with Crippen LogP contribution in [0.4, 0.5) is 0 Å². The van der Waals surface area contributed by atoms with Gasteiger partial charge in [0.25, 0.3) is 0 Å².